The maximum absolute atomic E-state index is 11.5. The number of nitrogens with one attached hydrogen (secondary N) is 1. The van der Waals surface area contributed by atoms with Gasteiger partial charge >= 0.3 is 0 Å². The van der Waals surface area contributed by atoms with Gasteiger partial charge in [0.05, 0.1) is 11.5 Å². The number of hydrogen-bond donors (Lipinski definition) is 1. The maximum Gasteiger partial charge on any atom is 0.150 e. The molecule has 0 spiro atoms. The predicted molar refractivity (Wildman–Crippen MR) is 77.5 cm³/mol. The maximum atomic E-state index is 11.5. The molecule has 1 aliphatic rings. The van der Waals surface area contributed by atoms with Crippen LogP contribution in [0.5, 0.6) is 0 Å². The van der Waals surface area contributed by atoms with E-state index in [2.05, 4.69) is 26.1 Å². The van der Waals surface area contributed by atoms with Gasteiger partial charge < -0.3 is 5.32 Å². The molecule has 0 amide bonds. The molecule has 1 fully saturated rings. The molecule has 4 heteroatoms. The molecule has 0 aromatic carbocycles. The SMILES string of the molecule is CNC(CC(C)CC(C)C)CC1CCS(=O)(=O)C1. The molecule has 1 aliphatic heterocycles. The summed E-state index contributed by atoms with van der Waals surface area (Å²) in [6.45, 7) is 6.82. The molecular formula is C14H29NO2S. The van der Waals surface area contributed by atoms with E-state index in [0.717, 1.165) is 25.2 Å². The predicted octanol–water partition coefficient (Wildman–Crippen LogP) is 2.47. The van der Waals surface area contributed by atoms with Crippen molar-refractivity contribution in [2.75, 3.05) is 18.6 Å². The fourth-order valence-electron chi connectivity index (χ4n) is 3.18. The Hall–Kier alpha value is -0.0900. The van der Waals surface area contributed by atoms with E-state index in [1.165, 1.54) is 6.42 Å². The van der Waals surface area contributed by atoms with Gasteiger partial charge in [0.2, 0.25) is 0 Å². The zero-order valence-electron chi connectivity index (χ0n) is 12.3. The van der Waals surface area contributed by atoms with Crippen molar-refractivity contribution >= 4 is 9.84 Å². The molecular weight excluding hydrogens is 246 g/mol. The minimum atomic E-state index is -2.72. The van der Waals surface area contributed by atoms with Crippen LogP contribution in [0.1, 0.15) is 46.5 Å². The first-order valence-corrected chi connectivity index (χ1v) is 9.02. The number of rotatable bonds is 7. The third kappa shape index (κ3) is 5.70. The van der Waals surface area contributed by atoms with Gasteiger partial charge in [-0.05, 0) is 50.5 Å². The molecule has 0 aromatic heterocycles. The molecule has 1 N–H and O–H groups in total. The van der Waals surface area contributed by atoms with Crippen LogP contribution in [-0.2, 0) is 9.84 Å². The van der Waals surface area contributed by atoms with Crippen molar-refractivity contribution in [3.63, 3.8) is 0 Å². The number of hydrogen-bond acceptors (Lipinski definition) is 3. The van der Waals surface area contributed by atoms with Crippen LogP contribution in [0.3, 0.4) is 0 Å². The standard InChI is InChI=1S/C14H29NO2S/c1-11(2)7-12(3)8-14(15-4)9-13-5-6-18(16,17)10-13/h11-15H,5-10H2,1-4H3. The fraction of sp³-hybridized carbons (Fsp3) is 1.00. The topological polar surface area (TPSA) is 46.2 Å². The first-order chi connectivity index (χ1) is 8.32. The van der Waals surface area contributed by atoms with Gasteiger partial charge in [0, 0.05) is 6.04 Å². The zero-order chi connectivity index (χ0) is 13.8. The minimum Gasteiger partial charge on any atom is -0.317 e. The van der Waals surface area contributed by atoms with E-state index in [4.69, 9.17) is 0 Å². The first kappa shape index (κ1) is 16.0. The summed E-state index contributed by atoms with van der Waals surface area (Å²) in [7, 11) is -0.728. The van der Waals surface area contributed by atoms with Crippen LogP contribution in [0.2, 0.25) is 0 Å². The van der Waals surface area contributed by atoms with Gasteiger partial charge in [0.15, 0.2) is 9.84 Å². The summed E-state index contributed by atoms with van der Waals surface area (Å²) in [5.74, 6) is 2.63. The average Bonchev–Trinajstić information content (AvgIpc) is 2.55. The Morgan fingerprint density at radius 3 is 2.33 bits per heavy atom. The third-order valence-electron chi connectivity index (χ3n) is 3.91. The smallest absolute Gasteiger partial charge is 0.150 e. The fourth-order valence-corrected chi connectivity index (χ4v) is 5.06. The largest absolute Gasteiger partial charge is 0.317 e. The van der Waals surface area contributed by atoms with Crippen molar-refractivity contribution < 1.29 is 8.42 Å². The lowest BCUT2D eigenvalue weighted by Crippen LogP contribution is -2.30. The number of sulfone groups is 1. The van der Waals surface area contributed by atoms with Gasteiger partial charge in [-0.15, -0.1) is 0 Å². The molecule has 0 saturated carbocycles. The molecule has 0 aliphatic carbocycles. The van der Waals surface area contributed by atoms with Crippen molar-refractivity contribution in [3.8, 4) is 0 Å². The van der Waals surface area contributed by atoms with E-state index in [1.54, 1.807) is 0 Å². The highest BCUT2D eigenvalue weighted by Gasteiger charge is 2.29. The quantitative estimate of drug-likeness (QED) is 0.776. The van der Waals surface area contributed by atoms with Crippen LogP contribution in [-0.4, -0.2) is 33.0 Å². The van der Waals surface area contributed by atoms with Crippen LogP contribution in [0, 0.1) is 17.8 Å². The van der Waals surface area contributed by atoms with Crippen molar-refractivity contribution in [2.45, 2.75) is 52.5 Å². The molecule has 1 heterocycles. The summed E-state index contributed by atoms with van der Waals surface area (Å²) in [4.78, 5) is 0. The Morgan fingerprint density at radius 2 is 1.89 bits per heavy atom. The Kier molecular flexibility index (Phi) is 6.12. The molecule has 3 nitrogen and oxygen atoms in total. The van der Waals surface area contributed by atoms with Gasteiger partial charge in [-0.3, -0.25) is 0 Å². The highest BCUT2D eigenvalue weighted by Crippen LogP contribution is 2.26. The molecule has 1 rings (SSSR count). The monoisotopic (exact) mass is 275 g/mol. The van der Waals surface area contributed by atoms with Gasteiger partial charge in [-0.25, -0.2) is 8.42 Å². The Morgan fingerprint density at radius 1 is 1.22 bits per heavy atom. The van der Waals surface area contributed by atoms with E-state index >= 15 is 0 Å². The van der Waals surface area contributed by atoms with E-state index < -0.39 is 9.84 Å². The summed E-state index contributed by atoms with van der Waals surface area (Å²) in [5, 5.41) is 3.37. The van der Waals surface area contributed by atoms with Crippen molar-refractivity contribution in [3.05, 3.63) is 0 Å². The lowest BCUT2D eigenvalue weighted by atomic mass is 9.88. The van der Waals surface area contributed by atoms with Crippen molar-refractivity contribution in [1.29, 1.82) is 0 Å². The lowest BCUT2D eigenvalue weighted by molar-refractivity contribution is 0.326. The van der Waals surface area contributed by atoms with Crippen molar-refractivity contribution in [1.82, 2.24) is 5.32 Å². The van der Waals surface area contributed by atoms with Gasteiger partial charge in [0.1, 0.15) is 0 Å². The Labute approximate surface area is 113 Å². The van der Waals surface area contributed by atoms with Crippen LogP contribution in [0.4, 0.5) is 0 Å². The summed E-state index contributed by atoms with van der Waals surface area (Å²) in [5.41, 5.74) is 0. The summed E-state index contributed by atoms with van der Waals surface area (Å²) < 4.78 is 22.9. The molecule has 1 saturated heterocycles. The summed E-state index contributed by atoms with van der Waals surface area (Å²) in [6, 6.07) is 0.469. The summed E-state index contributed by atoms with van der Waals surface area (Å²) in [6.07, 6.45) is 4.28. The molecule has 108 valence electrons. The molecule has 18 heavy (non-hydrogen) atoms. The molecule has 0 aromatic rings. The summed E-state index contributed by atoms with van der Waals surface area (Å²) >= 11 is 0. The van der Waals surface area contributed by atoms with Gasteiger partial charge in [-0.1, -0.05) is 20.8 Å². The second kappa shape index (κ2) is 6.90. The van der Waals surface area contributed by atoms with Crippen LogP contribution in [0.25, 0.3) is 0 Å². The Balaban J connectivity index is 2.38. The molecule has 0 radical (unpaired) electrons. The molecule has 3 unspecified atom stereocenters. The third-order valence-corrected chi connectivity index (χ3v) is 5.75. The lowest BCUT2D eigenvalue weighted by Gasteiger charge is -2.23. The van der Waals surface area contributed by atoms with E-state index in [1.807, 2.05) is 7.05 Å². The second-order valence-corrected chi connectivity index (χ2v) is 8.69. The minimum absolute atomic E-state index is 0.374. The van der Waals surface area contributed by atoms with E-state index in [0.29, 0.717) is 29.4 Å². The average molecular weight is 275 g/mol. The molecule has 0 bridgehead atoms. The van der Waals surface area contributed by atoms with E-state index in [9.17, 15) is 8.42 Å². The van der Waals surface area contributed by atoms with Crippen LogP contribution in [0.15, 0.2) is 0 Å². The van der Waals surface area contributed by atoms with Crippen molar-refractivity contribution in [2.24, 2.45) is 17.8 Å². The second-order valence-electron chi connectivity index (χ2n) is 6.46. The van der Waals surface area contributed by atoms with Gasteiger partial charge in [-0.2, -0.15) is 0 Å². The highest BCUT2D eigenvalue weighted by atomic mass is 32.2. The normalized spacial score (nSPS) is 26.4. The van der Waals surface area contributed by atoms with E-state index in [-0.39, 0.29) is 0 Å². The first-order valence-electron chi connectivity index (χ1n) is 7.20. The molecule has 3 atom stereocenters. The Bertz CT molecular complexity index is 338. The highest BCUT2D eigenvalue weighted by molar-refractivity contribution is 7.91. The van der Waals surface area contributed by atoms with Crippen LogP contribution >= 0.6 is 0 Å². The van der Waals surface area contributed by atoms with Gasteiger partial charge in [0.25, 0.3) is 0 Å². The zero-order valence-corrected chi connectivity index (χ0v) is 13.1. The van der Waals surface area contributed by atoms with Crippen LogP contribution < -0.4 is 5.32 Å².